The first kappa shape index (κ1) is 22.9. The highest BCUT2D eigenvalue weighted by atomic mass is 32.1. The van der Waals surface area contributed by atoms with E-state index < -0.39 is 23.6 Å². The Labute approximate surface area is 196 Å². The van der Waals surface area contributed by atoms with Crippen LogP contribution in [0.1, 0.15) is 20.8 Å². The third kappa shape index (κ3) is 5.21. The molecule has 2 amide bonds. The number of benzene rings is 1. The summed E-state index contributed by atoms with van der Waals surface area (Å²) in [7, 11) is 0. The number of hydrogen-bond donors (Lipinski definition) is 2. The van der Waals surface area contributed by atoms with Crippen LogP contribution in [0.3, 0.4) is 0 Å². The summed E-state index contributed by atoms with van der Waals surface area (Å²) in [6.07, 6.45) is 2.64. The molecule has 172 valence electrons. The topological polar surface area (TPSA) is 120 Å². The van der Waals surface area contributed by atoms with Crippen LogP contribution in [0.15, 0.2) is 54.9 Å². The second kappa shape index (κ2) is 9.71. The van der Waals surface area contributed by atoms with Crippen molar-refractivity contribution in [3.8, 4) is 22.9 Å². The van der Waals surface area contributed by atoms with Crippen LogP contribution in [0.25, 0.3) is 11.3 Å². The van der Waals surface area contributed by atoms with Crippen LogP contribution in [-0.2, 0) is 11.2 Å². The van der Waals surface area contributed by atoms with Crippen molar-refractivity contribution in [2.45, 2.75) is 13.3 Å². The minimum Gasteiger partial charge on any atom is -0.435 e. The predicted octanol–water partition coefficient (Wildman–Crippen LogP) is 4.26. The zero-order chi connectivity index (χ0) is 24.2. The van der Waals surface area contributed by atoms with Gasteiger partial charge >= 0.3 is 0 Å². The molecule has 0 aliphatic carbocycles. The average Bonchev–Trinajstić information content (AvgIpc) is 3.16. The molecule has 4 rings (SSSR count). The van der Waals surface area contributed by atoms with Crippen LogP contribution < -0.4 is 15.8 Å². The van der Waals surface area contributed by atoms with E-state index in [0.29, 0.717) is 22.0 Å². The van der Waals surface area contributed by atoms with Gasteiger partial charge in [0.1, 0.15) is 5.56 Å². The van der Waals surface area contributed by atoms with Gasteiger partial charge in [0.25, 0.3) is 5.91 Å². The Morgan fingerprint density at radius 2 is 1.97 bits per heavy atom. The number of ether oxygens (including phenoxy) is 1. The zero-order valence-corrected chi connectivity index (χ0v) is 18.5. The van der Waals surface area contributed by atoms with Gasteiger partial charge in [0.2, 0.25) is 17.7 Å². The number of anilines is 1. The quantitative estimate of drug-likeness (QED) is 0.381. The number of amides is 2. The van der Waals surface area contributed by atoms with Gasteiger partial charge in [-0.2, -0.15) is 4.39 Å². The number of hydrogen-bond acceptors (Lipinski definition) is 7. The summed E-state index contributed by atoms with van der Waals surface area (Å²) in [5, 5.41) is 3.04. The van der Waals surface area contributed by atoms with Gasteiger partial charge in [0.15, 0.2) is 16.7 Å². The van der Waals surface area contributed by atoms with Crippen LogP contribution in [0, 0.1) is 18.7 Å². The van der Waals surface area contributed by atoms with Gasteiger partial charge in [0.05, 0.1) is 12.1 Å². The van der Waals surface area contributed by atoms with E-state index in [1.165, 1.54) is 54.1 Å². The molecule has 11 heteroatoms. The van der Waals surface area contributed by atoms with Crippen LogP contribution in [0.2, 0.25) is 0 Å². The van der Waals surface area contributed by atoms with Crippen molar-refractivity contribution in [2.75, 3.05) is 5.32 Å². The summed E-state index contributed by atoms with van der Waals surface area (Å²) >= 11 is 1.26. The highest BCUT2D eigenvalue weighted by molar-refractivity contribution is 7.16. The zero-order valence-electron chi connectivity index (χ0n) is 17.7. The highest BCUT2D eigenvalue weighted by Crippen LogP contribution is 2.30. The number of nitrogens with two attached hydrogens (primary N) is 1. The minimum atomic E-state index is -0.756. The maximum atomic E-state index is 14.6. The Morgan fingerprint density at radius 1 is 1.15 bits per heavy atom. The summed E-state index contributed by atoms with van der Waals surface area (Å²) in [4.78, 5) is 36.7. The molecule has 0 radical (unpaired) electrons. The first-order valence-electron chi connectivity index (χ1n) is 9.90. The normalized spacial score (nSPS) is 10.7. The molecule has 0 aliphatic heterocycles. The Kier molecular flexibility index (Phi) is 6.55. The van der Waals surface area contributed by atoms with Crippen molar-refractivity contribution < 1.29 is 23.1 Å². The molecule has 3 aromatic heterocycles. The number of pyridine rings is 2. The molecule has 0 saturated heterocycles. The minimum absolute atomic E-state index is 0.0138. The average molecular weight is 481 g/mol. The fourth-order valence-corrected chi connectivity index (χ4v) is 3.94. The lowest BCUT2D eigenvalue weighted by atomic mass is 10.1. The Morgan fingerprint density at radius 3 is 2.68 bits per heavy atom. The molecule has 34 heavy (non-hydrogen) atoms. The molecule has 0 aliphatic rings. The molecule has 0 fully saturated rings. The molecule has 0 unspecified atom stereocenters. The van der Waals surface area contributed by atoms with E-state index in [4.69, 9.17) is 10.5 Å². The van der Waals surface area contributed by atoms with Crippen LogP contribution in [0.4, 0.5) is 13.9 Å². The number of aromatic nitrogens is 3. The Balaban J connectivity index is 1.43. The summed E-state index contributed by atoms with van der Waals surface area (Å²) in [5.74, 6) is -2.77. The Hall–Kier alpha value is -4.25. The van der Waals surface area contributed by atoms with Gasteiger partial charge in [-0.05, 0) is 48.9 Å². The summed E-state index contributed by atoms with van der Waals surface area (Å²) in [6.45, 7) is 1.82. The van der Waals surface area contributed by atoms with Crippen LogP contribution in [0.5, 0.6) is 11.6 Å². The van der Waals surface area contributed by atoms with E-state index in [0.717, 1.165) is 10.9 Å². The molecular weight excluding hydrogens is 464 g/mol. The number of aryl methyl sites for hydroxylation is 1. The van der Waals surface area contributed by atoms with Crippen LogP contribution in [-0.4, -0.2) is 26.8 Å². The number of carbonyl (C=O) groups is 2. The third-order valence-electron chi connectivity index (χ3n) is 4.65. The van der Waals surface area contributed by atoms with Gasteiger partial charge in [-0.3, -0.25) is 9.59 Å². The fourth-order valence-electron chi connectivity index (χ4n) is 3.08. The van der Waals surface area contributed by atoms with Gasteiger partial charge < -0.3 is 15.8 Å². The third-order valence-corrected chi connectivity index (χ3v) is 5.53. The van der Waals surface area contributed by atoms with Crippen molar-refractivity contribution in [1.82, 2.24) is 15.0 Å². The molecule has 3 heterocycles. The molecule has 4 aromatic rings. The maximum absolute atomic E-state index is 14.6. The summed E-state index contributed by atoms with van der Waals surface area (Å²) < 4.78 is 33.0. The second-order valence-electron chi connectivity index (χ2n) is 7.11. The number of rotatable bonds is 7. The number of halogens is 2. The first-order chi connectivity index (χ1) is 16.3. The number of nitrogens with zero attached hydrogens (tertiary/aromatic N) is 3. The summed E-state index contributed by atoms with van der Waals surface area (Å²) in [6, 6.07) is 9.73. The molecule has 0 atom stereocenters. The number of carbonyl (C=O) groups excluding carboxylic acids is 2. The van der Waals surface area contributed by atoms with Gasteiger partial charge in [-0.1, -0.05) is 6.07 Å². The summed E-state index contributed by atoms with van der Waals surface area (Å²) in [5.41, 5.74) is 6.90. The lowest BCUT2D eigenvalue weighted by Gasteiger charge is -2.09. The molecule has 0 saturated carbocycles. The van der Waals surface area contributed by atoms with Gasteiger partial charge in [0, 0.05) is 22.8 Å². The molecule has 8 nitrogen and oxygen atoms in total. The Bertz CT molecular complexity index is 1380. The lowest BCUT2D eigenvalue weighted by Crippen LogP contribution is -2.14. The van der Waals surface area contributed by atoms with E-state index in [2.05, 4.69) is 20.3 Å². The smallest absolute Gasteiger partial charge is 0.254 e. The largest absolute Gasteiger partial charge is 0.435 e. The second-order valence-corrected chi connectivity index (χ2v) is 8.31. The van der Waals surface area contributed by atoms with Crippen molar-refractivity contribution in [3.63, 3.8) is 0 Å². The van der Waals surface area contributed by atoms with E-state index in [9.17, 15) is 18.4 Å². The number of primary amides is 1. The highest BCUT2D eigenvalue weighted by Gasteiger charge is 2.16. The molecule has 3 N–H and O–H groups in total. The molecular formula is C23H17F2N5O3S. The van der Waals surface area contributed by atoms with Crippen molar-refractivity contribution in [3.05, 3.63) is 82.6 Å². The van der Waals surface area contributed by atoms with E-state index in [1.54, 1.807) is 6.07 Å². The van der Waals surface area contributed by atoms with Gasteiger partial charge in [-0.15, -0.1) is 11.3 Å². The van der Waals surface area contributed by atoms with E-state index >= 15 is 0 Å². The maximum Gasteiger partial charge on any atom is 0.254 e. The van der Waals surface area contributed by atoms with E-state index in [1.807, 2.05) is 6.92 Å². The van der Waals surface area contributed by atoms with Gasteiger partial charge in [-0.25, -0.2) is 19.3 Å². The first-order valence-corrected chi connectivity index (χ1v) is 10.7. The van der Waals surface area contributed by atoms with Crippen molar-refractivity contribution in [2.24, 2.45) is 5.73 Å². The fraction of sp³-hybridized carbons (Fsp3) is 0.0870. The number of nitrogens with one attached hydrogen (secondary N) is 1. The van der Waals surface area contributed by atoms with Crippen LogP contribution >= 0.6 is 11.3 Å². The van der Waals surface area contributed by atoms with E-state index in [-0.39, 0.29) is 23.6 Å². The molecule has 0 spiro atoms. The standard InChI is InChI=1S/C23H17F2N5O3S/c1-12-20(14-5-7-18(25)28-11-14)30-23(34-12)29-19(31)10-13-4-6-17(16(24)9-13)33-22-15(21(26)32)3-2-8-27-22/h2-9,11H,10H2,1H3,(H2,26,32)(H,29,30,31). The van der Waals surface area contributed by atoms with Crippen molar-refractivity contribution >= 4 is 28.3 Å². The monoisotopic (exact) mass is 481 g/mol. The molecule has 1 aromatic carbocycles. The predicted molar refractivity (Wildman–Crippen MR) is 122 cm³/mol. The number of thiazole rings is 1. The van der Waals surface area contributed by atoms with Crippen molar-refractivity contribution in [1.29, 1.82) is 0 Å². The lowest BCUT2D eigenvalue weighted by molar-refractivity contribution is -0.115. The SMILES string of the molecule is Cc1sc(NC(=O)Cc2ccc(Oc3ncccc3C(N)=O)c(F)c2)nc1-c1ccc(F)nc1. The molecule has 0 bridgehead atoms.